The van der Waals surface area contributed by atoms with E-state index in [1.807, 2.05) is 54.6 Å². The van der Waals surface area contributed by atoms with Crippen LogP contribution in [0.15, 0.2) is 66.1 Å². The van der Waals surface area contributed by atoms with Crippen molar-refractivity contribution in [1.82, 2.24) is 14.8 Å². The van der Waals surface area contributed by atoms with Crippen LogP contribution in [0.4, 0.5) is 5.69 Å². The molecule has 0 bridgehead atoms. The van der Waals surface area contributed by atoms with Crippen LogP contribution in [-0.2, 0) is 4.79 Å². The van der Waals surface area contributed by atoms with E-state index in [0.29, 0.717) is 5.16 Å². The van der Waals surface area contributed by atoms with Crippen molar-refractivity contribution >= 4 is 45.9 Å². The molecule has 0 unspecified atom stereocenters. The summed E-state index contributed by atoms with van der Waals surface area (Å²) in [5.41, 5.74) is 1.73. The van der Waals surface area contributed by atoms with Gasteiger partial charge in [0, 0.05) is 9.26 Å². The molecule has 0 saturated carbocycles. The van der Waals surface area contributed by atoms with Crippen molar-refractivity contribution in [3.8, 4) is 5.69 Å². The molecule has 7 heteroatoms. The number of amides is 1. The second-order valence-electron chi connectivity index (χ2n) is 4.65. The Kier molecular flexibility index (Phi) is 5.29. The molecule has 23 heavy (non-hydrogen) atoms. The van der Waals surface area contributed by atoms with Crippen LogP contribution >= 0.6 is 34.4 Å². The first-order valence-electron chi connectivity index (χ1n) is 6.86. The minimum Gasteiger partial charge on any atom is -0.325 e. The molecule has 5 nitrogen and oxygen atoms in total. The molecule has 0 aliphatic heterocycles. The van der Waals surface area contributed by atoms with Crippen LogP contribution in [0.1, 0.15) is 0 Å². The molecule has 116 valence electrons. The van der Waals surface area contributed by atoms with Crippen LogP contribution in [0.3, 0.4) is 0 Å². The third kappa shape index (κ3) is 4.55. The van der Waals surface area contributed by atoms with E-state index in [0.717, 1.165) is 14.9 Å². The number of para-hydroxylation sites is 1. The zero-order chi connectivity index (χ0) is 16.1. The second-order valence-corrected chi connectivity index (χ2v) is 6.84. The molecule has 1 heterocycles. The lowest BCUT2D eigenvalue weighted by Crippen LogP contribution is -2.14. The Morgan fingerprint density at radius 1 is 1.13 bits per heavy atom. The maximum absolute atomic E-state index is 12.0. The zero-order valence-electron chi connectivity index (χ0n) is 12.0. The predicted octanol–water partition coefficient (Wildman–Crippen LogP) is 3.60. The summed E-state index contributed by atoms with van der Waals surface area (Å²) in [6.45, 7) is 0. The summed E-state index contributed by atoms with van der Waals surface area (Å²) in [6.07, 6.45) is 1.65. The number of nitrogens with zero attached hydrogens (tertiary/aromatic N) is 3. The molecule has 0 aliphatic carbocycles. The highest BCUT2D eigenvalue weighted by atomic mass is 127. The molecule has 3 rings (SSSR count). The summed E-state index contributed by atoms with van der Waals surface area (Å²) in [6, 6.07) is 17.4. The SMILES string of the molecule is O=C(CSc1ncn(-c2ccccc2)n1)Nc1ccc(I)cc1. The van der Waals surface area contributed by atoms with Crippen LogP contribution in [0.5, 0.6) is 0 Å². The number of nitrogens with one attached hydrogen (secondary N) is 1. The lowest BCUT2D eigenvalue weighted by molar-refractivity contribution is -0.113. The first-order valence-corrected chi connectivity index (χ1v) is 8.92. The fraction of sp³-hybridized carbons (Fsp3) is 0.0625. The van der Waals surface area contributed by atoms with Crippen molar-refractivity contribution in [2.24, 2.45) is 0 Å². The second kappa shape index (κ2) is 7.60. The molecule has 1 N–H and O–H groups in total. The largest absolute Gasteiger partial charge is 0.325 e. The molecular formula is C16H13IN4OS. The molecule has 1 aromatic heterocycles. The number of carbonyl (C=O) groups is 1. The number of anilines is 1. The standard InChI is InChI=1S/C16H13IN4OS/c17-12-6-8-13(9-7-12)19-15(22)10-23-16-18-11-21(20-16)14-4-2-1-3-5-14/h1-9,11H,10H2,(H,19,22). The zero-order valence-corrected chi connectivity index (χ0v) is 15.0. The molecule has 0 fully saturated rings. The maximum Gasteiger partial charge on any atom is 0.234 e. The number of carbonyl (C=O) groups excluding carboxylic acids is 1. The van der Waals surface area contributed by atoms with Crippen molar-refractivity contribution < 1.29 is 4.79 Å². The smallest absolute Gasteiger partial charge is 0.234 e. The fourth-order valence-corrected chi connectivity index (χ4v) is 2.84. The third-order valence-corrected chi connectivity index (χ3v) is 4.52. The summed E-state index contributed by atoms with van der Waals surface area (Å²) >= 11 is 3.54. The van der Waals surface area contributed by atoms with E-state index in [1.165, 1.54) is 11.8 Å². The Morgan fingerprint density at radius 3 is 2.61 bits per heavy atom. The summed E-state index contributed by atoms with van der Waals surface area (Å²) in [5, 5.41) is 7.79. The summed E-state index contributed by atoms with van der Waals surface area (Å²) in [7, 11) is 0. The lowest BCUT2D eigenvalue weighted by Gasteiger charge is -2.04. The van der Waals surface area contributed by atoms with Gasteiger partial charge in [-0.05, 0) is 59.0 Å². The number of hydrogen-bond donors (Lipinski definition) is 1. The van der Waals surface area contributed by atoms with E-state index in [-0.39, 0.29) is 11.7 Å². The van der Waals surface area contributed by atoms with Gasteiger partial charge in [-0.25, -0.2) is 9.67 Å². The van der Waals surface area contributed by atoms with Gasteiger partial charge in [-0.15, -0.1) is 5.10 Å². The van der Waals surface area contributed by atoms with E-state index in [1.54, 1.807) is 11.0 Å². The average molecular weight is 436 g/mol. The van der Waals surface area contributed by atoms with Gasteiger partial charge in [-0.1, -0.05) is 30.0 Å². The monoisotopic (exact) mass is 436 g/mol. The molecule has 2 aromatic carbocycles. The Labute approximate surface area is 151 Å². The van der Waals surface area contributed by atoms with E-state index in [4.69, 9.17) is 0 Å². The predicted molar refractivity (Wildman–Crippen MR) is 99.9 cm³/mol. The minimum atomic E-state index is -0.0766. The molecule has 3 aromatic rings. The van der Waals surface area contributed by atoms with E-state index < -0.39 is 0 Å². The van der Waals surface area contributed by atoms with Crippen molar-refractivity contribution in [2.75, 3.05) is 11.1 Å². The van der Waals surface area contributed by atoms with Gasteiger partial charge >= 0.3 is 0 Å². The highest BCUT2D eigenvalue weighted by Gasteiger charge is 2.08. The first kappa shape index (κ1) is 16.0. The Bertz CT molecular complexity index is 789. The number of thioether (sulfide) groups is 1. The number of halogens is 1. The lowest BCUT2D eigenvalue weighted by atomic mass is 10.3. The van der Waals surface area contributed by atoms with Crippen LogP contribution in [0.2, 0.25) is 0 Å². The Hall–Kier alpha value is -1.87. The van der Waals surface area contributed by atoms with E-state index in [9.17, 15) is 4.79 Å². The van der Waals surface area contributed by atoms with Crippen molar-refractivity contribution in [3.63, 3.8) is 0 Å². The van der Waals surface area contributed by atoms with Crippen LogP contribution in [0, 0.1) is 3.57 Å². The summed E-state index contributed by atoms with van der Waals surface area (Å²) in [4.78, 5) is 16.2. The van der Waals surface area contributed by atoms with E-state index in [2.05, 4.69) is 38.0 Å². The van der Waals surface area contributed by atoms with Gasteiger partial charge in [0.2, 0.25) is 11.1 Å². The van der Waals surface area contributed by atoms with Gasteiger partial charge in [-0.3, -0.25) is 4.79 Å². The highest BCUT2D eigenvalue weighted by Crippen LogP contribution is 2.16. The molecule has 1 amide bonds. The van der Waals surface area contributed by atoms with Crippen molar-refractivity contribution in [1.29, 1.82) is 0 Å². The topological polar surface area (TPSA) is 59.8 Å². The van der Waals surface area contributed by atoms with Gasteiger partial charge < -0.3 is 5.32 Å². The fourth-order valence-electron chi connectivity index (χ4n) is 1.88. The molecule has 0 spiro atoms. The van der Waals surface area contributed by atoms with Gasteiger partial charge in [0.1, 0.15) is 6.33 Å². The van der Waals surface area contributed by atoms with Crippen LogP contribution in [0.25, 0.3) is 5.69 Å². The summed E-state index contributed by atoms with van der Waals surface area (Å²) < 4.78 is 2.82. The number of hydrogen-bond acceptors (Lipinski definition) is 4. The van der Waals surface area contributed by atoms with Crippen LogP contribution < -0.4 is 5.32 Å². The van der Waals surface area contributed by atoms with Gasteiger partial charge in [0.05, 0.1) is 11.4 Å². The number of rotatable bonds is 5. The average Bonchev–Trinajstić information content (AvgIpc) is 3.05. The van der Waals surface area contributed by atoms with Gasteiger partial charge in [0.15, 0.2) is 0 Å². The Morgan fingerprint density at radius 2 is 1.87 bits per heavy atom. The third-order valence-electron chi connectivity index (χ3n) is 2.95. The maximum atomic E-state index is 12.0. The number of aromatic nitrogens is 3. The van der Waals surface area contributed by atoms with E-state index >= 15 is 0 Å². The molecule has 0 atom stereocenters. The van der Waals surface area contributed by atoms with Crippen molar-refractivity contribution in [3.05, 3.63) is 64.5 Å². The minimum absolute atomic E-state index is 0.0766. The Balaban J connectivity index is 1.55. The normalized spacial score (nSPS) is 10.5. The molecule has 0 aliphatic rings. The summed E-state index contributed by atoms with van der Waals surface area (Å²) in [5.74, 6) is 0.192. The molecule has 0 saturated heterocycles. The molecular weight excluding hydrogens is 423 g/mol. The van der Waals surface area contributed by atoms with Crippen LogP contribution in [-0.4, -0.2) is 26.4 Å². The van der Waals surface area contributed by atoms with Gasteiger partial charge in [0.25, 0.3) is 0 Å². The first-order chi connectivity index (χ1) is 11.2. The number of benzene rings is 2. The highest BCUT2D eigenvalue weighted by molar-refractivity contribution is 14.1. The quantitative estimate of drug-likeness (QED) is 0.491. The van der Waals surface area contributed by atoms with Gasteiger partial charge in [-0.2, -0.15) is 0 Å². The molecule has 0 radical (unpaired) electrons. The van der Waals surface area contributed by atoms with Crippen molar-refractivity contribution in [2.45, 2.75) is 5.16 Å².